The minimum absolute atomic E-state index is 0.0365. The van der Waals surface area contributed by atoms with Gasteiger partial charge in [-0.1, -0.05) is 24.6 Å². The summed E-state index contributed by atoms with van der Waals surface area (Å²) in [5.74, 6) is 0.738. The minimum Gasteiger partial charge on any atom is -0.468 e. The molecule has 1 amide bonds. The van der Waals surface area contributed by atoms with Crippen LogP contribution in [-0.2, 0) is 4.79 Å². The van der Waals surface area contributed by atoms with Crippen molar-refractivity contribution in [3.63, 3.8) is 0 Å². The summed E-state index contributed by atoms with van der Waals surface area (Å²) in [5, 5.41) is 7.84. The van der Waals surface area contributed by atoms with Crippen molar-refractivity contribution < 1.29 is 9.21 Å². The molecule has 5 rings (SSSR count). The Morgan fingerprint density at radius 2 is 1.91 bits per heavy atom. The van der Waals surface area contributed by atoms with E-state index < -0.39 is 0 Å². The van der Waals surface area contributed by atoms with Crippen molar-refractivity contribution in [1.29, 1.82) is 0 Å². The number of aromatic nitrogens is 3. The van der Waals surface area contributed by atoms with E-state index in [2.05, 4.69) is 15.2 Å². The van der Waals surface area contributed by atoms with Gasteiger partial charge in [-0.2, -0.15) is 5.10 Å². The summed E-state index contributed by atoms with van der Waals surface area (Å²) in [6.07, 6.45) is 14.1. The van der Waals surface area contributed by atoms with Gasteiger partial charge in [-0.3, -0.25) is 14.7 Å². The van der Waals surface area contributed by atoms with Crippen LogP contribution in [0.5, 0.6) is 0 Å². The number of benzene rings is 1. The number of furan rings is 1. The van der Waals surface area contributed by atoms with Crippen LogP contribution in [0.15, 0.2) is 89.9 Å². The molecule has 4 aromatic rings. The molecule has 0 radical (unpaired) electrons. The summed E-state index contributed by atoms with van der Waals surface area (Å²) < 4.78 is 7.51. The zero-order chi connectivity index (χ0) is 23.9. The molecule has 3 aromatic heterocycles. The topological polar surface area (TPSA) is 76.2 Å². The third-order valence-corrected chi connectivity index (χ3v) is 6.29. The molecule has 1 fully saturated rings. The number of hydrogen-bond donors (Lipinski definition) is 1. The average molecular weight is 468 g/mol. The fraction of sp³-hybridized carbons (Fsp3) is 0.250. The molecule has 0 spiro atoms. The molecule has 178 valence electrons. The zero-order valence-corrected chi connectivity index (χ0v) is 19.6. The second kappa shape index (κ2) is 11.0. The molecule has 4 heterocycles. The van der Waals surface area contributed by atoms with E-state index in [9.17, 15) is 4.79 Å². The predicted molar refractivity (Wildman–Crippen MR) is 136 cm³/mol. The number of rotatable bonds is 8. The molecule has 1 aliphatic heterocycles. The number of amides is 1. The van der Waals surface area contributed by atoms with Crippen molar-refractivity contribution >= 4 is 12.0 Å². The molecule has 7 heteroatoms. The first-order valence-corrected chi connectivity index (χ1v) is 12.1. The lowest BCUT2D eigenvalue weighted by Gasteiger charge is -2.33. The summed E-state index contributed by atoms with van der Waals surface area (Å²) in [7, 11) is 0. The maximum atomic E-state index is 12.8. The van der Waals surface area contributed by atoms with Gasteiger partial charge < -0.3 is 9.73 Å². The van der Waals surface area contributed by atoms with Crippen LogP contribution in [0.2, 0.25) is 0 Å². The van der Waals surface area contributed by atoms with Gasteiger partial charge >= 0.3 is 0 Å². The quantitative estimate of drug-likeness (QED) is 0.374. The Morgan fingerprint density at radius 3 is 2.66 bits per heavy atom. The van der Waals surface area contributed by atoms with Gasteiger partial charge in [-0.05, 0) is 68.4 Å². The van der Waals surface area contributed by atoms with Crippen LogP contribution in [-0.4, -0.2) is 45.2 Å². The van der Waals surface area contributed by atoms with Crippen molar-refractivity contribution in [3.8, 4) is 16.9 Å². The third kappa shape index (κ3) is 5.58. The van der Waals surface area contributed by atoms with Gasteiger partial charge in [0.1, 0.15) is 11.5 Å². The van der Waals surface area contributed by atoms with Gasteiger partial charge in [-0.15, -0.1) is 0 Å². The fourth-order valence-corrected chi connectivity index (χ4v) is 4.49. The Bertz CT molecular complexity index is 1240. The number of pyridine rings is 1. The lowest BCUT2D eigenvalue weighted by atomic mass is 10.1. The number of carbonyl (C=O) groups is 1. The van der Waals surface area contributed by atoms with Crippen molar-refractivity contribution in [3.05, 3.63) is 96.9 Å². The third-order valence-electron chi connectivity index (χ3n) is 6.29. The number of hydrogen-bond acceptors (Lipinski definition) is 5. The summed E-state index contributed by atoms with van der Waals surface area (Å²) in [6.45, 7) is 2.53. The van der Waals surface area contributed by atoms with Crippen LogP contribution in [0.25, 0.3) is 23.0 Å². The van der Waals surface area contributed by atoms with Gasteiger partial charge in [0.15, 0.2) is 0 Å². The molecule has 1 aromatic carbocycles. The fourth-order valence-electron chi connectivity index (χ4n) is 4.49. The molecular formula is C28H29N5O2. The monoisotopic (exact) mass is 467 g/mol. The molecule has 0 aliphatic carbocycles. The Labute approximate surface area is 205 Å². The zero-order valence-electron chi connectivity index (χ0n) is 19.6. The van der Waals surface area contributed by atoms with Crippen LogP contribution in [0.1, 0.15) is 36.6 Å². The van der Waals surface area contributed by atoms with Crippen molar-refractivity contribution in [2.45, 2.75) is 25.3 Å². The van der Waals surface area contributed by atoms with E-state index in [1.807, 2.05) is 71.6 Å². The first-order chi connectivity index (χ1) is 17.3. The smallest absolute Gasteiger partial charge is 0.244 e. The summed E-state index contributed by atoms with van der Waals surface area (Å²) in [6, 6.07) is 17.7. The lowest BCUT2D eigenvalue weighted by molar-refractivity contribution is -0.116. The van der Waals surface area contributed by atoms with Crippen LogP contribution in [0.4, 0.5) is 0 Å². The number of likely N-dealkylation sites (tertiary alicyclic amines) is 1. The molecular weight excluding hydrogens is 438 g/mol. The Morgan fingerprint density at radius 1 is 1.06 bits per heavy atom. The largest absolute Gasteiger partial charge is 0.468 e. The predicted octanol–water partition coefficient (Wildman–Crippen LogP) is 4.88. The van der Waals surface area contributed by atoms with E-state index in [4.69, 9.17) is 9.52 Å². The minimum atomic E-state index is -0.150. The summed E-state index contributed by atoms with van der Waals surface area (Å²) >= 11 is 0. The molecule has 0 bridgehead atoms. The van der Waals surface area contributed by atoms with Gasteiger partial charge in [0.2, 0.25) is 5.91 Å². The molecule has 0 saturated carbocycles. The van der Waals surface area contributed by atoms with Gasteiger partial charge in [0, 0.05) is 42.3 Å². The van der Waals surface area contributed by atoms with E-state index >= 15 is 0 Å². The maximum Gasteiger partial charge on any atom is 0.244 e. The summed E-state index contributed by atoms with van der Waals surface area (Å²) in [5.41, 5.74) is 3.46. The molecule has 35 heavy (non-hydrogen) atoms. The molecule has 7 nitrogen and oxygen atoms in total. The number of nitrogens with zero attached hydrogens (tertiary/aromatic N) is 4. The number of para-hydroxylation sites is 1. The Balaban J connectivity index is 1.33. The number of nitrogens with one attached hydrogen (secondary N) is 1. The second-order valence-electron chi connectivity index (χ2n) is 8.66. The molecule has 1 saturated heterocycles. The Hall–Kier alpha value is -3.97. The van der Waals surface area contributed by atoms with E-state index in [0.717, 1.165) is 41.4 Å². The number of piperidine rings is 1. The highest BCUT2D eigenvalue weighted by molar-refractivity contribution is 5.92. The maximum absolute atomic E-state index is 12.8. The first-order valence-electron chi connectivity index (χ1n) is 12.1. The highest BCUT2D eigenvalue weighted by Crippen LogP contribution is 2.26. The van der Waals surface area contributed by atoms with Gasteiger partial charge in [0.25, 0.3) is 0 Å². The molecule has 1 atom stereocenters. The highest BCUT2D eigenvalue weighted by Gasteiger charge is 2.24. The van der Waals surface area contributed by atoms with Crippen LogP contribution >= 0.6 is 0 Å². The normalized spacial score (nSPS) is 15.3. The van der Waals surface area contributed by atoms with Gasteiger partial charge in [0.05, 0.1) is 18.0 Å². The van der Waals surface area contributed by atoms with Crippen LogP contribution in [0, 0.1) is 0 Å². The summed E-state index contributed by atoms with van der Waals surface area (Å²) in [4.78, 5) is 19.4. The Kier molecular flexibility index (Phi) is 7.15. The SMILES string of the molecule is O=C(/C=C\c1cn(-c2ccccc2)nc1-c1cccnc1)NC[C@H](c1ccco1)N1CCCCC1. The number of carbonyl (C=O) groups excluding carboxylic acids is 1. The van der Waals surface area contributed by atoms with Crippen LogP contribution < -0.4 is 5.32 Å². The van der Waals surface area contributed by atoms with E-state index in [1.165, 1.54) is 19.3 Å². The standard InChI is InChI=1S/C28H29N5O2/c34-27(30-20-25(26-12-8-18-35-26)32-16-5-2-6-17-32)14-13-23-21-33(24-10-3-1-4-11-24)31-28(23)22-9-7-15-29-19-22/h1,3-4,7-15,18-19,21,25H,2,5-6,16-17,20H2,(H,30,34)/b14-13-/t25-/m1/s1. The van der Waals surface area contributed by atoms with Crippen molar-refractivity contribution in [1.82, 2.24) is 25.0 Å². The second-order valence-corrected chi connectivity index (χ2v) is 8.66. The van der Waals surface area contributed by atoms with Crippen LogP contribution in [0.3, 0.4) is 0 Å². The van der Waals surface area contributed by atoms with Crippen molar-refractivity contribution in [2.75, 3.05) is 19.6 Å². The first kappa shape index (κ1) is 22.8. The average Bonchev–Trinajstić information content (AvgIpc) is 3.60. The molecule has 1 N–H and O–H groups in total. The van der Waals surface area contributed by atoms with E-state index in [0.29, 0.717) is 6.54 Å². The lowest BCUT2D eigenvalue weighted by Crippen LogP contribution is -2.40. The van der Waals surface area contributed by atoms with E-state index in [1.54, 1.807) is 24.7 Å². The molecule has 1 aliphatic rings. The highest BCUT2D eigenvalue weighted by atomic mass is 16.3. The molecule has 0 unspecified atom stereocenters. The van der Waals surface area contributed by atoms with Gasteiger partial charge in [-0.25, -0.2) is 4.68 Å². The van der Waals surface area contributed by atoms with Crippen molar-refractivity contribution in [2.24, 2.45) is 0 Å². The van der Waals surface area contributed by atoms with E-state index in [-0.39, 0.29) is 11.9 Å².